The minimum Gasteiger partial charge on any atom is -0.506 e. The van der Waals surface area contributed by atoms with Crippen LogP contribution in [0.15, 0.2) is 42.5 Å². The van der Waals surface area contributed by atoms with Crippen LogP contribution in [0, 0.1) is 6.92 Å². The molecule has 0 aromatic heterocycles. The van der Waals surface area contributed by atoms with Crippen LogP contribution in [-0.4, -0.2) is 11.0 Å². The first-order valence-electron chi connectivity index (χ1n) is 9.19. The van der Waals surface area contributed by atoms with Crippen molar-refractivity contribution in [1.29, 1.82) is 0 Å². The molecule has 0 radical (unpaired) electrons. The van der Waals surface area contributed by atoms with Gasteiger partial charge in [-0.1, -0.05) is 45.9 Å². The molecule has 1 amide bonds. The number of aryl methyl sites for hydroxylation is 1. The number of phenolic OH excluding ortho intramolecular Hbond substituents is 1. The summed E-state index contributed by atoms with van der Waals surface area (Å²) in [7, 11) is 0. The van der Waals surface area contributed by atoms with Crippen LogP contribution < -0.4 is 9.90 Å². The van der Waals surface area contributed by atoms with Gasteiger partial charge in [0.25, 0.3) is 5.91 Å². The molecule has 2 rings (SSSR count). The van der Waals surface area contributed by atoms with E-state index in [9.17, 15) is 9.90 Å². The quantitative estimate of drug-likeness (QED) is 0.666. The number of carbonyl (C=O) groups is 1. The molecule has 0 atom stereocenters. The molecular weight excluding hydrogens is 326 g/mol. The van der Waals surface area contributed by atoms with Crippen molar-refractivity contribution in [3.63, 3.8) is 0 Å². The van der Waals surface area contributed by atoms with E-state index < -0.39 is 0 Å². The Morgan fingerprint density at radius 1 is 1.12 bits per heavy atom. The highest BCUT2D eigenvalue weighted by Gasteiger charge is 2.22. The maximum Gasteiger partial charge on any atom is 0.260 e. The highest BCUT2D eigenvalue weighted by Crippen LogP contribution is 2.32. The first kappa shape index (κ1) is 19.8. The Bertz CT molecular complexity index is 750. The fourth-order valence-corrected chi connectivity index (χ4v) is 2.63. The van der Waals surface area contributed by atoms with Gasteiger partial charge in [-0.25, -0.2) is 0 Å². The number of carbonyl (C=O) groups excluding carboxylic acids is 1. The molecule has 0 spiro atoms. The monoisotopic (exact) mass is 355 g/mol. The lowest BCUT2D eigenvalue weighted by Crippen LogP contribution is -2.34. The molecule has 0 aliphatic carbocycles. The molecule has 4 heteroatoms. The number of phenols is 1. The topological polar surface area (TPSA) is 49.8 Å². The number of anilines is 1. The summed E-state index contributed by atoms with van der Waals surface area (Å²) in [5.74, 6) is 0.396. The van der Waals surface area contributed by atoms with Crippen LogP contribution in [0.4, 0.5) is 5.69 Å². The normalized spacial score (nSPS) is 11.3. The lowest BCUT2D eigenvalue weighted by Gasteiger charge is -2.25. The number of aromatic hydroxyl groups is 1. The van der Waals surface area contributed by atoms with E-state index in [0.29, 0.717) is 24.3 Å². The summed E-state index contributed by atoms with van der Waals surface area (Å²) >= 11 is 0. The second-order valence-corrected chi connectivity index (χ2v) is 7.28. The molecule has 0 saturated carbocycles. The molecular formula is C22H29NO3. The van der Waals surface area contributed by atoms with Crippen LogP contribution >= 0.6 is 0 Å². The number of hydroxylamine groups is 1. The van der Waals surface area contributed by atoms with Crippen LogP contribution in [0.3, 0.4) is 0 Å². The highest BCUT2D eigenvalue weighted by atomic mass is 16.7. The van der Waals surface area contributed by atoms with Crippen molar-refractivity contribution in [2.45, 2.75) is 59.3 Å². The Morgan fingerprint density at radius 2 is 1.77 bits per heavy atom. The summed E-state index contributed by atoms with van der Waals surface area (Å²) in [6.07, 6.45) is 2.08. The number of nitrogens with zero attached hydrogens (tertiary/aromatic N) is 1. The lowest BCUT2D eigenvalue weighted by atomic mass is 9.82. The number of benzene rings is 2. The average Bonchev–Trinajstić information content (AvgIpc) is 2.61. The summed E-state index contributed by atoms with van der Waals surface area (Å²) < 4.78 is 0. The van der Waals surface area contributed by atoms with Gasteiger partial charge in [-0.2, -0.15) is 0 Å². The van der Waals surface area contributed by atoms with Gasteiger partial charge in [-0.05, 0) is 60.6 Å². The van der Waals surface area contributed by atoms with Gasteiger partial charge in [0.05, 0.1) is 0 Å². The molecule has 0 fully saturated rings. The van der Waals surface area contributed by atoms with Crippen molar-refractivity contribution >= 4 is 11.6 Å². The van der Waals surface area contributed by atoms with Gasteiger partial charge in [0.15, 0.2) is 5.75 Å². The van der Waals surface area contributed by atoms with Crippen molar-refractivity contribution in [2.75, 3.05) is 5.06 Å². The third-order valence-electron chi connectivity index (χ3n) is 4.76. The van der Waals surface area contributed by atoms with E-state index in [2.05, 4.69) is 20.8 Å². The first-order chi connectivity index (χ1) is 12.3. The molecule has 0 aliphatic rings. The van der Waals surface area contributed by atoms with E-state index in [-0.39, 0.29) is 17.1 Å². The van der Waals surface area contributed by atoms with Crippen molar-refractivity contribution in [2.24, 2.45) is 0 Å². The van der Waals surface area contributed by atoms with Gasteiger partial charge in [0.2, 0.25) is 0 Å². The fourth-order valence-electron chi connectivity index (χ4n) is 2.63. The van der Waals surface area contributed by atoms with Gasteiger partial charge >= 0.3 is 0 Å². The van der Waals surface area contributed by atoms with Crippen LogP contribution in [0.1, 0.15) is 58.1 Å². The molecule has 26 heavy (non-hydrogen) atoms. The first-order valence-corrected chi connectivity index (χ1v) is 9.19. The van der Waals surface area contributed by atoms with Gasteiger partial charge in [-0.3, -0.25) is 4.79 Å². The zero-order valence-electron chi connectivity index (χ0n) is 16.4. The Hall–Kier alpha value is -2.49. The van der Waals surface area contributed by atoms with E-state index in [1.54, 1.807) is 12.1 Å². The average molecular weight is 355 g/mol. The third kappa shape index (κ3) is 4.57. The molecule has 2 aromatic carbocycles. The third-order valence-corrected chi connectivity index (χ3v) is 4.76. The van der Waals surface area contributed by atoms with E-state index in [1.807, 2.05) is 44.2 Å². The Kier molecular flexibility index (Phi) is 6.30. The minimum atomic E-state index is -0.190. The SMILES string of the molecule is CCCC(=O)N(Oc1ccc(C(C)(C)CC)cc1)c1ccc(C)cc1O. The zero-order valence-corrected chi connectivity index (χ0v) is 16.4. The van der Waals surface area contributed by atoms with Crippen LogP contribution in [-0.2, 0) is 10.2 Å². The Balaban J connectivity index is 2.31. The molecule has 1 N–H and O–H groups in total. The van der Waals surface area contributed by atoms with Crippen molar-refractivity contribution < 1.29 is 14.7 Å². The molecule has 0 saturated heterocycles. The summed E-state index contributed by atoms with van der Waals surface area (Å²) in [6, 6.07) is 12.9. The molecule has 0 heterocycles. The van der Waals surface area contributed by atoms with Crippen LogP contribution in [0.5, 0.6) is 11.5 Å². The minimum absolute atomic E-state index is 0.0261. The Morgan fingerprint density at radius 3 is 2.31 bits per heavy atom. The summed E-state index contributed by atoms with van der Waals surface area (Å²) in [5.41, 5.74) is 2.58. The van der Waals surface area contributed by atoms with E-state index in [1.165, 1.54) is 10.6 Å². The summed E-state index contributed by atoms with van der Waals surface area (Å²) in [5, 5.41) is 11.5. The second-order valence-electron chi connectivity index (χ2n) is 7.28. The van der Waals surface area contributed by atoms with Gasteiger partial charge in [0, 0.05) is 6.42 Å². The number of hydrogen-bond acceptors (Lipinski definition) is 3. The van der Waals surface area contributed by atoms with E-state index in [4.69, 9.17) is 4.84 Å². The lowest BCUT2D eigenvalue weighted by molar-refractivity contribution is -0.122. The van der Waals surface area contributed by atoms with Gasteiger partial charge in [0.1, 0.15) is 11.4 Å². The largest absolute Gasteiger partial charge is 0.506 e. The number of hydrogen-bond donors (Lipinski definition) is 1. The molecule has 0 unspecified atom stereocenters. The fraction of sp³-hybridized carbons (Fsp3) is 0.409. The molecule has 0 aliphatic heterocycles. The number of amides is 1. The smallest absolute Gasteiger partial charge is 0.260 e. The van der Waals surface area contributed by atoms with E-state index >= 15 is 0 Å². The Labute approximate surface area is 156 Å². The molecule has 4 nitrogen and oxygen atoms in total. The maximum absolute atomic E-state index is 12.5. The molecule has 0 bridgehead atoms. The van der Waals surface area contributed by atoms with Crippen molar-refractivity contribution in [1.82, 2.24) is 0 Å². The van der Waals surface area contributed by atoms with E-state index in [0.717, 1.165) is 12.0 Å². The van der Waals surface area contributed by atoms with Crippen molar-refractivity contribution in [3.05, 3.63) is 53.6 Å². The van der Waals surface area contributed by atoms with Crippen LogP contribution in [0.25, 0.3) is 0 Å². The van der Waals surface area contributed by atoms with Gasteiger partial charge < -0.3 is 9.94 Å². The van der Waals surface area contributed by atoms with Crippen molar-refractivity contribution in [3.8, 4) is 11.5 Å². The zero-order chi connectivity index (χ0) is 19.3. The predicted octanol–water partition coefficient (Wildman–Crippen LogP) is 5.52. The predicted molar refractivity (Wildman–Crippen MR) is 106 cm³/mol. The highest BCUT2D eigenvalue weighted by molar-refractivity contribution is 5.93. The second kappa shape index (κ2) is 8.26. The van der Waals surface area contributed by atoms with Gasteiger partial charge in [-0.15, -0.1) is 5.06 Å². The molecule has 140 valence electrons. The summed E-state index contributed by atoms with van der Waals surface area (Å²) in [4.78, 5) is 18.4. The standard InChI is InChI=1S/C22H29NO3/c1-6-8-21(25)23(19-14-9-16(3)15-20(19)24)26-18-12-10-17(11-13-18)22(4,5)7-2/h9-15,24H,6-8H2,1-5H3. The summed E-state index contributed by atoms with van der Waals surface area (Å²) in [6.45, 7) is 10.4. The van der Waals surface area contributed by atoms with Crippen LogP contribution in [0.2, 0.25) is 0 Å². The number of rotatable bonds is 7. The molecule has 2 aromatic rings. The maximum atomic E-state index is 12.5.